The van der Waals surface area contributed by atoms with Gasteiger partial charge in [0.25, 0.3) is 0 Å². The summed E-state index contributed by atoms with van der Waals surface area (Å²) in [5, 5.41) is 3.98. The third-order valence-corrected chi connectivity index (χ3v) is 7.60. The van der Waals surface area contributed by atoms with Gasteiger partial charge in [0.1, 0.15) is 0 Å². The molecule has 1 aliphatic carbocycles. The molecular formula is C18H34N2S. The van der Waals surface area contributed by atoms with Crippen molar-refractivity contribution in [2.75, 3.05) is 25.4 Å². The van der Waals surface area contributed by atoms with Crippen molar-refractivity contribution in [2.45, 2.75) is 82.0 Å². The average molecular weight is 311 g/mol. The molecule has 2 saturated heterocycles. The van der Waals surface area contributed by atoms with Crippen molar-refractivity contribution >= 4 is 11.8 Å². The predicted octanol–water partition coefficient (Wildman–Crippen LogP) is 3.90. The molecule has 2 aliphatic heterocycles. The molecule has 2 nitrogen and oxygen atoms in total. The van der Waals surface area contributed by atoms with Crippen LogP contribution in [0.15, 0.2) is 0 Å². The highest BCUT2D eigenvalue weighted by atomic mass is 32.2. The Morgan fingerprint density at radius 3 is 2.52 bits per heavy atom. The number of thioether (sulfide) groups is 1. The lowest BCUT2D eigenvalue weighted by atomic mass is 9.78. The smallest absolute Gasteiger partial charge is 0.0309 e. The highest BCUT2D eigenvalue weighted by Crippen LogP contribution is 2.41. The Labute approximate surface area is 135 Å². The molecule has 2 atom stereocenters. The van der Waals surface area contributed by atoms with Gasteiger partial charge in [0.05, 0.1) is 0 Å². The first-order valence-corrected chi connectivity index (χ1v) is 10.1. The van der Waals surface area contributed by atoms with Crippen molar-refractivity contribution in [3.05, 3.63) is 0 Å². The van der Waals surface area contributed by atoms with Gasteiger partial charge in [0, 0.05) is 36.0 Å². The van der Waals surface area contributed by atoms with Gasteiger partial charge in [-0.05, 0) is 44.3 Å². The van der Waals surface area contributed by atoms with E-state index in [2.05, 4.69) is 42.7 Å². The van der Waals surface area contributed by atoms with Crippen LogP contribution in [0.5, 0.6) is 0 Å². The van der Waals surface area contributed by atoms with Crippen LogP contribution in [-0.4, -0.2) is 46.6 Å². The second kappa shape index (κ2) is 6.41. The van der Waals surface area contributed by atoms with E-state index in [1.807, 2.05) is 0 Å². The van der Waals surface area contributed by atoms with Crippen molar-refractivity contribution in [1.29, 1.82) is 0 Å². The van der Waals surface area contributed by atoms with E-state index in [9.17, 15) is 0 Å². The van der Waals surface area contributed by atoms with Crippen LogP contribution in [0, 0.1) is 5.92 Å². The van der Waals surface area contributed by atoms with E-state index in [-0.39, 0.29) is 0 Å². The Morgan fingerprint density at radius 1 is 1.14 bits per heavy atom. The summed E-state index contributed by atoms with van der Waals surface area (Å²) >= 11 is 2.23. The maximum absolute atomic E-state index is 3.98. The van der Waals surface area contributed by atoms with Crippen LogP contribution >= 0.6 is 11.8 Å². The number of rotatable bonds is 3. The summed E-state index contributed by atoms with van der Waals surface area (Å²) < 4.78 is 0.514. The van der Waals surface area contributed by atoms with E-state index < -0.39 is 0 Å². The Balaban J connectivity index is 1.71. The van der Waals surface area contributed by atoms with E-state index in [0.29, 0.717) is 10.3 Å². The molecular weight excluding hydrogens is 276 g/mol. The van der Waals surface area contributed by atoms with Gasteiger partial charge < -0.3 is 5.32 Å². The zero-order valence-corrected chi connectivity index (χ0v) is 15.1. The predicted molar refractivity (Wildman–Crippen MR) is 94.1 cm³/mol. The van der Waals surface area contributed by atoms with Crippen LogP contribution in [0.25, 0.3) is 0 Å². The van der Waals surface area contributed by atoms with Crippen LogP contribution in [0.1, 0.15) is 65.7 Å². The summed E-state index contributed by atoms with van der Waals surface area (Å²) in [4.78, 5) is 2.88. The Hall–Kier alpha value is 0.270. The minimum Gasteiger partial charge on any atom is -0.308 e. The first kappa shape index (κ1) is 16.1. The zero-order valence-electron chi connectivity index (χ0n) is 14.3. The molecule has 0 aromatic heterocycles. The Kier molecular flexibility index (Phi) is 4.93. The van der Waals surface area contributed by atoms with Gasteiger partial charge in [-0.25, -0.2) is 0 Å². The topological polar surface area (TPSA) is 15.3 Å². The van der Waals surface area contributed by atoms with Crippen LogP contribution in [-0.2, 0) is 0 Å². The Bertz CT molecular complexity index is 343. The highest BCUT2D eigenvalue weighted by molar-refractivity contribution is 8.00. The molecule has 122 valence electrons. The van der Waals surface area contributed by atoms with Crippen LogP contribution in [0.4, 0.5) is 0 Å². The van der Waals surface area contributed by atoms with Gasteiger partial charge in [-0.2, -0.15) is 11.8 Å². The first-order valence-electron chi connectivity index (χ1n) is 9.15. The van der Waals surface area contributed by atoms with Gasteiger partial charge >= 0.3 is 0 Å². The SMILES string of the molecule is CC(C)C1CNC2(CCCCC2)CN1CC1(C)CCCS1. The summed E-state index contributed by atoms with van der Waals surface area (Å²) in [7, 11) is 0. The lowest BCUT2D eigenvalue weighted by Crippen LogP contribution is -2.67. The molecule has 21 heavy (non-hydrogen) atoms. The largest absolute Gasteiger partial charge is 0.308 e. The van der Waals surface area contributed by atoms with Crippen molar-refractivity contribution in [3.8, 4) is 0 Å². The second-order valence-corrected chi connectivity index (χ2v) is 10.0. The van der Waals surface area contributed by atoms with E-state index >= 15 is 0 Å². The maximum Gasteiger partial charge on any atom is 0.0309 e. The number of piperazine rings is 1. The van der Waals surface area contributed by atoms with Gasteiger partial charge in [0.2, 0.25) is 0 Å². The molecule has 0 amide bonds. The summed E-state index contributed by atoms with van der Waals surface area (Å²) in [6.45, 7) is 11.1. The fraction of sp³-hybridized carbons (Fsp3) is 1.00. The fourth-order valence-electron chi connectivity index (χ4n) is 4.80. The average Bonchev–Trinajstić information content (AvgIpc) is 2.86. The van der Waals surface area contributed by atoms with Gasteiger partial charge in [-0.1, -0.05) is 33.1 Å². The van der Waals surface area contributed by atoms with Crippen molar-refractivity contribution in [2.24, 2.45) is 5.92 Å². The van der Waals surface area contributed by atoms with Gasteiger partial charge in [0.15, 0.2) is 0 Å². The van der Waals surface area contributed by atoms with Gasteiger partial charge in [-0.3, -0.25) is 4.90 Å². The molecule has 3 rings (SSSR count). The van der Waals surface area contributed by atoms with Crippen LogP contribution < -0.4 is 5.32 Å². The molecule has 2 heterocycles. The standard InChI is InChI=1S/C18H34N2S/c1-15(2)16-12-19-18(9-5-4-6-10-18)14-20(16)13-17(3)8-7-11-21-17/h15-16,19H,4-14H2,1-3H3. The van der Waals surface area contributed by atoms with Gasteiger partial charge in [-0.15, -0.1) is 0 Å². The minimum atomic E-state index is 0.448. The molecule has 1 saturated carbocycles. The number of nitrogens with one attached hydrogen (secondary N) is 1. The Morgan fingerprint density at radius 2 is 1.90 bits per heavy atom. The molecule has 3 aliphatic rings. The quantitative estimate of drug-likeness (QED) is 0.851. The van der Waals surface area contributed by atoms with Crippen LogP contribution in [0.3, 0.4) is 0 Å². The van der Waals surface area contributed by atoms with E-state index in [1.165, 1.54) is 70.3 Å². The molecule has 3 heteroatoms. The lowest BCUT2D eigenvalue weighted by Gasteiger charge is -2.52. The van der Waals surface area contributed by atoms with Crippen molar-refractivity contribution in [1.82, 2.24) is 10.2 Å². The summed E-state index contributed by atoms with van der Waals surface area (Å²) in [5.74, 6) is 2.13. The normalized spacial score (nSPS) is 37.4. The number of hydrogen-bond donors (Lipinski definition) is 1. The molecule has 0 bridgehead atoms. The molecule has 0 aromatic carbocycles. The van der Waals surface area contributed by atoms with E-state index in [1.54, 1.807) is 0 Å². The highest BCUT2D eigenvalue weighted by Gasteiger charge is 2.43. The number of nitrogens with zero attached hydrogens (tertiary/aromatic N) is 1. The maximum atomic E-state index is 3.98. The molecule has 2 unspecified atom stereocenters. The molecule has 0 radical (unpaired) electrons. The fourth-order valence-corrected chi connectivity index (χ4v) is 6.12. The third-order valence-electron chi connectivity index (χ3n) is 6.08. The summed E-state index contributed by atoms with van der Waals surface area (Å²) in [6.07, 6.45) is 9.95. The second-order valence-electron chi connectivity index (χ2n) is 8.34. The monoisotopic (exact) mass is 310 g/mol. The summed E-state index contributed by atoms with van der Waals surface area (Å²) in [6, 6.07) is 0.732. The molecule has 0 aromatic rings. The molecule has 1 N–H and O–H groups in total. The lowest BCUT2D eigenvalue weighted by molar-refractivity contribution is 0.0308. The van der Waals surface area contributed by atoms with E-state index in [4.69, 9.17) is 0 Å². The third kappa shape index (κ3) is 3.61. The molecule has 1 spiro atoms. The number of hydrogen-bond acceptors (Lipinski definition) is 3. The molecule has 3 fully saturated rings. The van der Waals surface area contributed by atoms with Crippen LogP contribution in [0.2, 0.25) is 0 Å². The van der Waals surface area contributed by atoms with Crippen molar-refractivity contribution in [3.63, 3.8) is 0 Å². The van der Waals surface area contributed by atoms with E-state index in [0.717, 1.165) is 12.0 Å². The zero-order chi connectivity index (χ0) is 14.9. The first-order chi connectivity index (χ1) is 10.0. The summed E-state index contributed by atoms with van der Waals surface area (Å²) in [5.41, 5.74) is 0.448. The minimum absolute atomic E-state index is 0.448. The van der Waals surface area contributed by atoms with Crippen molar-refractivity contribution < 1.29 is 0 Å².